The van der Waals surface area contributed by atoms with Gasteiger partial charge in [-0.3, -0.25) is 4.98 Å². The fraction of sp³-hybridized carbons (Fsp3) is 0.200. The number of para-hydroxylation sites is 2. The van der Waals surface area contributed by atoms with E-state index in [-0.39, 0.29) is 5.75 Å². The van der Waals surface area contributed by atoms with E-state index >= 15 is 0 Å². The van der Waals surface area contributed by atoms with Gasteiger partial charge in [-0.2, -0.15) is 13.2 Å². The van der Waals surface area contributed by atoms with Gasteiger partial charge in [0.1, 0.15) is 11.4 Å². The summed E-state index contributed by atoms with van der Waals surface area (Å²) >= 11 is 0. The lowest BCUT2D eigenvalue weighted by molar-refractivity contribution is -0.153. The van der Waals surface area contributed by atoms with Gasteiger partial charge in [0, 0.05) is 11.8 Å². The van der Waals surface area contributed by atoms with Gasteiger partial charge >= 0.3 is 6.18 Å². The maximum Gasteiger partial charge on any atom is 0.422 e. The summed E-state index contributed by atoms with van der Waals surface area (Å²) in [4.78, 5) is 11.7. The molecular weight excluding hydrogens is 295 g/mol. The van der Waals surface area contributed by atoms with Crippen molar-refractivity contribution in [1.82, 2.24) is 15.0 Å². The average molecular weight is 307 g/mol. The van der Waals surface area contributed by atoms with Gasteiger partial charge in [-0.1, -0.05) is 12.1 Å². The van der Waals surface area contributed by atoms with Crippen molar-refractivity contribution in [2.45, 2.75) is 13.1 Å². The molecule has 0 spiro atoms. The molecule has 0 aliphatic heterocycles. The molecule has 2 aromatic heterocycles. The van der Waals surface area contributed by atoms with Gasteiger partial charge in [-0.05, 0) is 25.1 Å². The highest BCUT2D eigenvalue weighted by Gasteiger charge is 2.29. The summed E-state index contributed by atoms with van der Waals surface area (Å²) in [6.07, 6.45) is -2.98. The molecule has 0 bridgehead atoms. The number of hydrogen-bond acceptors (Lipinski definition) is 3. The number of benzene rings is 1. The van der Waals surface area contributed by atoms with Crippen molar-refractivity contribution >= 4 is 11.0 Å². The first kappa shape index (κ1) is 14.4. The average Bonchev–Trinajstić information content (AvgIpc) is 2.89. The molecule has 0 saturated carbocycles. The number of nitrogens with zero attached hydrogens (tertiary/aromatic N) is 2. The highest BCUT2D eigenvalue weighted by atomic mass is 19.4. The Kier molecular flexibility index (Phi) is 3.48. The first-order valence-electron chi connectivity index (χ1n) is 6.54. The number of H-pyrrole nitrogens is 1. The molecule has 0 amide bonds. The van der Waals surface area contributed by atoms with Crippen molar-refractivity contribution in [3.63, 3.8) is 0 Å². The second-order valence-electron chi connectivity index (χ2n) is 4.79. The van der Waals surface area contributed by atoms with E-state index in [1.54, 1.807) is 6.92 Å². The Labute approximate surface area is 124 Å². The van der Waals surface area contributed by atoms with Gasteiger partial charge in [0.05, 0.1) is 11.0 Å². The zero-order chi connectivity index (χ0) is 15.7. The summed E-state index contributed by atoms with van der Waals surface area (Å²) in [5, 5.41) is 0. The summed E-state index contributed by atoms with van der Waals surface area (Å²) in [7, 11) is 0. The zero-order valence-corrected chi connectivity index (χ0v) is 11.6. The Morgan fingerprint density at radius 1 is 1.18 bits per heavy atom. The number of aromatic amines is 1. The molecular formula is C15H12F3N3O. The molecule has 0 fully saturated rings. The van der Waals surface area contributed by atoms with Crippen molar-refractivity contribution < 1.29 is 17.9 Å². The Morgan fingerprint density at radius 3 is 2.68 bits per heavy atom. The fourth-order valence-corrected chi connectivity index (χ4v) is 2.14. The van der Waals surface area contributed by atoms with Gasteiger partial charge < -0.3 is 9.72 Å². The molecule has 4 nitrogen and oxygen atoms in total. The Bertz CT molecular complexity index is 778. The number of halogens is 3. The summed E-state index contributed by atoms with van der Waals surface area (Å²) < 4.78 is 41.7. The van der Waals surface area contributed by atoms with E-state index in [2.05, 4.69) is 15.0 Å². The lowest BCUT2D eigenvalue weighted by Crippen LogP contribution is -2.19. The standard InChI is InChI=1S/C15H12F3N3O/c1-9-12(22-8-15(16,17)18)6-7-19-13(9)14-20-10-4-2-3-5-11(10)21-14/h2-7H,8H2,1H3,(H,20,21). The molecule has 7 heteroatoms. The Morgan fingerprint density at radius 2 is 1.95 bits per heavy atom. The number of fused-ring (bicyclic) bond motifs is 1. The number of hydrogen-bond donors (Lipinski definition) is 1. The van der Waals surface area contributed by atoms with E-state index in [0.29, 0.717) is 17.1 Å². The van der Waals surface area contributed by atoms with E-state index in [4.69, 9.17) is 4.74 Å². The monoisotopic (exact) mass is 307 g/mol. The third kappa shape index (κ3) is 2.88. The predicted molar refractivity (Wildman–Crippen MR) is 75.6 cm³/mol. The first-order valence-corrected chi connectivity index (χ1v) is 6.54. The van der Waals surface area contributed by atoms with Crippen LogP contribution in [-0.4, -0.2) is 27.7 Å². The van der Waals surface area contributed by atoms with E-state index in [0.717, 1.165) is 11.0 Å². The molecule has 3 rings (SSSR count). The minimum Gasteiger partial charge on any atom is -0.484 e. The zero-order valence-electron chi connectivity index (χ0n) is 11.6. The van der Waals surface area contributed by atoms with E-state index in [9.17, 15) is 13.2 Å². The van der Waals surface area contributed by atoms with Gasteiger partial charge in [-0.15, -0.1) is 0 Å². The van der Waals surface area contributed by atoms with Gasteiger partial charge in [-0.25, -0.2) is 4.98 Å². The number of aromatic nitrogens is 3. The summed E-state index contributed by atoms with van der Waals surface area (Å²) in [5.74, 6) is 0.638. The van der Waals surface area contributed by atoms with Crippen LogP contribution in [-0.2, 0) is 0 Å². The van der Waals surface area contributed by atoms with Crippen molar-refractivity contribution in [3.05, 3.63) is 42.1 Å². The number of nitrogens with one attached hydrogen (secondary N) is 1. The number of pyridine rings is 1. The fourth-order valence-electron chi connectivity index (χ4n) is 2.14. The van der Waals surface area contributed by atoms with Gasteiger partial charge in [0.2, 0.25) is 0 Å². The van der Waals surface area contributed by atoms with Crippen LogP contribution in [0.4, 0.5) is 13.2 Å². The van der Waals surface area contributed by atoms with E-state index in [1.807, 2.05) is 24.3 Å². The Hall–Kier alpha value is -2.57. The molecule has 3 aromatic rings. The van der Waals surface area contributed by atoms with Crippen LogP contribution < -0.4 is 4.74 Å². The topological polar surface area (TPSA) is 50.8 Å². The van der Waals surface area contributed by atoms with Crippen LogP contribution in [0.25, 0.3) is 22.6 Å². The lowest BCUT2D eigenvalue weighted by atomic mass is 10.2. The molecule has 0 aliphatic rings. The van der Waals surface area contributed by atoms with Gasteiger partial charge in [0.25, 0.3) is 0 Å². The number of ether oxygens (including phenoxy) is 1. The summed E-state index contributed by atoms with van der Waals surface area (Å²) in [5.41, 5.74) is 2.57. The predicted octanol–water partition coefficient (Wildman–Crippen LogP) is 3.87. The largest absolute Gasteiger partial charge is 0.484 e. The molecule has 0 atom stereocenters. The summed E-state index contributed by atoms with van der Waals surface area (Å²) in [6.45, 7) is 0.318. The van der Waals surface area contributed by atoms with Crippen LogP contribution in [0.15, 0.2) is 36.5 Å². The maximum atomic E-state index is 12.3. The molecule has 22 heavy (non-hydrogen) atoms. The number of imidazole rings is 1. The summed E-state index contributed by atoms with van der Waals surface area (Å²) in [6, 6.07) is 8.84. The SMILES string of the molecule is Cc1c(OCC(F)(F)F)ccnc1-c1nc2ccccc2[nH]1. The third-order valence-corrected chi connectivity index (χ3v) is 3.16. The van der Waals surface area contributed by atoms with E-state index < -0.39 is 12.8 Å². The van der Waals surface area contributed by atoms with Crippen molar-refractivity contribution in [1.29, 1.82) is 0 Å². The highest BCUT2D eigenvalue weighted by Crippen LogP contribution is 2.28. The Balaban J connectivity index is 1.97. The lowest BCUT2D eigenvalue weighted by Gasteiger charge is -2.12. The van der Waals surface area contributed by atoms with Crippen LogP contribution in [0.1, 0.15) is 5.56 Å². The van der Waals surface area contributed by atoms with Crippen molar-refractivity contribution in [2.75, 3.05) is 6.61 Å². The van der Waals surface area contributed by atoms with Crippen LogP contribution in [0.3, 0.4) is 0 Å². The normalized spacial score (nSPS) is 11.8. The molecule has 2 heterocycles. The molecule has 1 N–H and O–H groups in total. The molecule has 1 aromatic carbocycles. The van der Waals surface area contributed by atoms with Gasteiger partial charge in [0.15, 0.2) is 12.4 Å². The van der Waals surface area contributed by atoms with Crippen LogP contribution >= 0.6 is 0 Å². The number of alkyl halides is 3. The molecule has 0 radical (unpaired) electrons. The smallest absolute Gasteiger partial charge is 0.422 e. The van der Waals surface area contributed by atoms with Crippen molar-refractivity contribution in [3.8, 4) is 17.3 Å². The number of rotatable bonds is 3. The van der Waals surface area contributed by atoms with Crippen LogP contribution in [0.5, 0.6) is 5.75 Å². The van der Waals surface area contributed by atoms with Crippen LogP contribution in [0.2, 0.25) is 0 Å². The quantitative estimate of drug-likeness (QED) is 0.799. The van der Waals surface area contributed by atoms with Crippen LogP contribution in [0, 0.1) is 6.92 Å². The van der Waals surface area contributed by atoms with E-state index in [1.165, 1.54) is 12.3 Å². The molecule has 114 valence electrons. The molecule has 0 unspecified atom stereocenters. The second-order valence-corrected chi connectivity index (χ2v) is 4.79. The second kappa shape index (κ2) is 5.32. The molecule has 0 saturated heterocycles. The minimum absolute atomic E-state index is 0.141. The maximum absolute atomic E-state index is 12.3. The highest BCUT2D eigenvalue weighted by molar-refractivity contribution is 5.79. The first-order chi connectivity index (χ1) is 10.4. The minimum atomic E-state index is -4.38. The van der Waals surface area contributed by atoms with Crippen molar-refractivity contribution in [2.24, 2.45) is 0 Å². The molecule has 0 aliphatic carbocycles. The third-order valence-electron chi connectivity index (χ3n) is 3.16.